The highest BCUT2D eigenvalue weighted by molar-refractivity contribution is 7.90. The number of hydrogen-bond acceptors (Lipinski definition) is 5. The second kappa shape index (κ2) is 9.55. The van der Waals surface area contributed by atoms with Crippen molar-refractivity contribution >= 4 is 15.8 Å². The average Bonchev–Trinajstić information content (AvgIpc) is 3.07. The molecule has 27 heavy (non-hydrogen) atoms. The molecular weight excluding hydrogens is 364 g/mol. The van der Waals surface area contributed by atoms with Crippen molar-refractivity contribution in [2.45, 2.75) is 39.8 Å². The first-order valence-electron chi connectivity index (χ1n) is 9.01. The van der Waals surface area contributed by atoms with Gasteiger partial charge in [-0.25, -0.2) is 18.4 Å². The number of aromatic nitrogens is 1. The number of benzene rings is 1. The molecule has 0 fully saturated rings. The van der Waals surface area contributed by atoms with E-state index in [1.165, 1.54) is 11.8 Å². The molecule has 0 spiro atoms. The normalized spacial score (nSPS) is 13.4. The van der Waals surface area contributed by atoms with E-state index in [0.717, 1.165) is 5.56 Å². The van der Waals surface area contributed by atoms with Crippen LogP contribution in [-0.4, -0.2) is 44.0 Å². The van der Waals surface area contributed by atoms with Crippen molar-refractivity contribution in [3.8, 4) is 11.3 Å². The van der Waals surface area contributed by atoms with Crippen molar-refractivity contribution in [3.63, 3.8) is 0 Å². The molecule has 0 aliphatic rings. The lowest BCUT2D eigenvalue weighted by Crippen LogP contribution is -2.42. The standard InChI is InChI=1S/C19H28N4O3S/c1-5-20-19(23-15(3)10-11-27(4,24)25)22-13-18-21-12-17(26-18)16-8-6-14(2)7-9-16/h6-9,12,15H,5,10-11,13H2,1-4H3,(H2,20,22,23). The van der Waals surface area contributed by atoms with E-state index in [4.69, 9.17) is 4.42 Å². The first-order chi connectivity index (χ1) is 12.8. The Labute approximate surface area is 161 Å². The Kier molecular flexibility index (Phi) is 7.41. The smallest absolute Gasteiger partial charge is 0.216 e. The second-order valence-electron chi connectivity index (χ2n) is 6.64. The van der Waals surface area contributed by atoms with Crippen LogP contribution in [0.15, 0.2) is 39.9 Å². The third-order valence-electron chi connectivity index (χ3n) is 3.91. The average molecular weight is 393 g/mol. The van der Waals surface area contributed by atoms with Gasteiger partial charge in [0, 0.05) is 24.4 Å². The predicted octanol–water partition coefficient (Wildman–Crippen LogP) is 2.53. The summed E-state index contributed by atoms with van der Waals surface area (Å²) in [4.78, 5) is 8.76. The van der Waals surface area contributed by atoms with Gasteiger partial charge in [-0.15, -0.1) is 0 Å². The lowest BCUT2D eigenvalue weighted by atomic mass is 10.1. The van der Waals surface area contributed by atoms with E-state index in [2.05, 4.69) is 20.6 Å². The molecule has 0 radical (unpaired) electrons. The first-order valence-corrected chi connectivity index (χ1v) is 11.1. The zero-order valence-electron chi connectivity index (χ0n) is 16.3. The number of nitrogens with zero attached hydrogens (tertiary/aromatic N) is 2. The van der Waals surface area contributed by atoms with Crippen LogP contribution in [-0.2, 0) is 16.4 Å². The summed E-state index contributed by atoms with van der Waals surface area (Å²) < 4.78 is 28.4. The largest absolute Gasteiger partial charge is 0.439 e. The number of oxazole rings is 1. The molecule has 0 amide bonds. The Hall–Kier alpha value is -2.35. The van der Waals surface area contributed by atoms with Crippen molar-refractivity contribution in [1.82, 2.24) is 15.6 Å². The van der Waals surface area contributed by atoms with Gasteiger partial charge in [0.25, 0.3) is 0 Å². The predicted molar refractivity (Wildman–Crippen MR) is 108 cm³/mol. The van der Waals surface area contributed by atoms with Gasteiger partial charge in [0.2, 0.25) is 5.89 Å². The number of aliphatic imine (C=N–C) groups is 1. The fourth-order valence-corrected chi connectivity index (χ4v) is 3.18. The molecule has 2 aromatic rings. The fraction of sp³-hybridized carbons (Fsp3) is 0.474. The zero-order valence-corrected chi connectivity index (χ0v) is 17.1. The van der Waals surface area contributed by atoms with E-state index in [0.29, 0.717) is 37.1 Å². The maximum absolute atomic E-state index is 11.3. The van der Waals surface area contributed by atoms with Crippen LogP contribution in [0.25, 0.3) is 11.3 Å². The SMILES string of the molecule is CCNC(=NCc1ncc(-c2ccc(C)cc2)o1)NC(C)CCS(C)(=O)=O. The molecule has 1 aromatic carbocycles. The van der Waals surface area contributed by atoms with Gasteiger partial charge < -0.3 is 15.1 Å². The number of hydrogen-bond donors (Lipinski definition) is 2. The fourth-order valence-electron chi connectivity index (χ4n) is 2.40. The highest BCUT2D eigenvalue weighted by Gasteiger charge is 2.10. The molecule has 1 heterocycles. The summed E-state index contributed by atoms with van der Waals surface area (Å²) in [6.45, 7) is 6.93. The van der Waals surface area contributed by atoms with E-state index >= 15 is 0 Å². The molecule has 0 saturated carbocycles. The van der Waals surface area contributed by atoms with Gasteiger partial charge in [0.15, 0.2) is 11.7 Å². The highest BCUT2D eigenvalue weighted by atomic mass is 32.2. The highest BCUT2D eigenvalue weighted by Crippen LogP contribution is 2.20. The van der Waals surface area contributed by atoms with Crippen molar-refractivity contribution in [2.75, 3.05) is 18.6 Å². The van der Waals surface area contributed by atoms with Crippen LogP contribution in [0.1, 0.15) is 31.7 Å². The zero-order chi connectivity index (χ0) is 19.9. The molecule has 8 heteroatoms. The quantitative estimate of drug-likeness (QED) is 0.529. The van der Waals surface area contributed by atoms with E-state index in [-0.39, 0.29) is 11.8 Å². The summed E-state index contributed by atoms with van der Waals surface area (Å²) in [7, 11) is -2.97. The molecule has 1 atom stereocenters. The molecule has 1 aromatic heterocycles. The Morgan fingerprint density at radius 1 is 1.30 bits per heavy atom. The van der Waals surface area contributed by atoms with Gasteiger partial charge in [0.1, 0.15) is 16.4 Å². The third kappa shape index (κ3) is 7.42. The van der Waals surface area contributed by atoms with Crippen molar-refractivity contribution in [3.05, 3.63) is 41.9 Å². The Bertz CT molecular complexity index is 857. The van der Waals surface area contributed by atoms with Crippen LogP contribution >= 0.6 is 0 Å². The van der Waals surface area contributed by atoms with Gasteiger partial charge in [0.05, 0.1) is 11.9 Å². The van der Waals surface area contributed by atoms with E-state index in [1.54, 1.807) is 6.20 Å². The maximum Gasteiger partial charge on any atom is 0.216 e. The van der Waals surface area contributed by atoms with Gasteiger partial charge >= 0.3 is 0 Å². The minimum absolute atomic E-state index is 0.0230. The Morgan fingerprint density at radius 3 is 2.63 bits per heavy atom. The summed E-state index contributed by atoms with van der Waals surface area (Å²) in [5.41, 5.74) is 2.16. The minimum atomic E-state index is -2.97. The summed E-state index contributed by atoms with van der Waals surface area (Å²) in [6.07, 6.45) is 3.46. The molecular formula is C19H28N4O3S. The first kappa shape index (κ1) is 21.0. The monoisotopic (exact) mass is 392 g/mol. The summed E-state index contributed by atoms with van der Waals surface area (Å²) in [5, 5.41) is 6.36. The summed E-state index contributed by atoms with van der Waals surface area (Å²) in [6, 6.07) is 8.03. The van der Waals surface area contributed by atoms with Gasteiger partial charge in [-0.1, -0.05) is 29.8 Å². The van der Waals surface area contributed by atoms with E-state index in [1.807, 2.05) is 45.0 Å². The van der Waals surface area contributed by atoms with Crippen LogP contribution in [0.3, 0.4) is 0 Å². The second-order valence-corrected chi connectivity index (χ2v) is 8.90. The number of rotatable bonds is 8. The number of guanidine groups is 1. The number of sulfone groups is 1. The maximum atomic E-state index is 11.3. The van der Waals surface area contributed by atoms with Crippen LogP contribution in [0.4, 0.5) is 0 Å². The Morgan fingerprint density at radius 2 is 2.00 bits per heavy atom. The van der Waals surface area contributed by atoms with Crippen LogP contribution in [0.2, 0.25) is 0 Å². The van der Waals surface area contributed by atoms with Crippen molar-refractivity contribution in [2.24, 2.45) is 4.99 Å². The molecule has 7 nitrogen and oxygen atoms in total. The Balaban J connectivity index is 1.99. The number of nitrogens with one attached hydrogen (secondary N) is 2. The lowest BCUT2D eigenvalue weighted by molar-refractivity contribution is 0.508. The molecule has 2 rings (SSSR count). The van der Waals surface area contributed by atoms with Gasteiger partial charge in [-0.3, -0.25) is 0 Å². The third-order valence-corrected chi connectivity index (χ3v) is 4.89. The van der Waals surface area contributed by atoms with Crippen molar-refractivity contribution in [1.29, 1.82) is 0 Å². The van der Waals surface area contributed by atoms with Crippen LogP contribution in [0, 0.1) is 6.92 Å². The van der Waals surface area contributed by atoms with Crippen LogP contribution < -0.4 is 10.6 Å². The molecule has 2 N–H and O–H groups in total. The lowest BCUT2D eigenvalue weighted by Gasteiger charge is -2.17. The van der Waals surface area contributed by atoms with E-state index in [9.17, 15) is 8.42 Å². The molecule has 0 aliphatic heterocycles. The van der Waals surface area contributed by atoms with Gasteiger partial charge in [-0.05, 0) is 27.2 Å². The molecule has 0 aliphatic carbocycles. The van der Waals surface area contributed by atoms with E-state index < -0.39 is 9.84 Å². The molecule has 1 unspecified atom stereocenters. The molecule has 0 saturated heterocycles. The summed E-state index contributed by atoms with van der Waals surface area (Å²) >= 11 is 0. The summed E-state index contributed by atoms with van der Waals surface area (Å²) in [5.74, 6) is 1.97. The molecule has 0 bridgehead atoms. The van der Waals surface area contributed by atoms with Crippen LogP contribution in [0.5, 0.6) is 0 Å². The minimum Gasteiger partial charge on any atom is -0.439 e. The van der Waals surface area contributed by atoms with Gasteiger partial charge in [-0.2, -0.15) is 0 Å². The topological polar surface area (TPSA) is 96.6 Å². The van der Waals surface area contributed by atoms with Crippen molar-refractivity contribution < 1.29 is 12.8 Å². The molecule has 148 valence electrons. The number of aryl methyl sites for hydroxylation is 1.